The average molecular weight is 667 g/mol. The lowest BCUT2D eigenvalue weighted by Gasteiger charge is -2.47. The molecule has 4 N–H and O–H groups in total. The smallest absolute Gasteiger partial charge is 0.308 e. The average Bonchev–Trinajstić information content (AvgIpc) is 3.04. The first kappa shape index (κ1) is 39.7. The van der Waals surface area contributed by atoms with E-state index < -0.39 is 66.8 Å². The Hall–Kier alpha value is -1.70. The highest BCUT2D eigenvalue weighted by molar-refractivity contribution is 5.91. The predicted octanol–water partition coefficient (Wildman–Crippen LogP) is 2.69. The number of likely N-dealkylation sites (N-methyl/N-ethyl adjacent to an activating group) is 1. The zero-order valence-corrected chi connectivity index (χ0v) is 29.7. The van der Waals surface area contributed by atoms with Crippen molar-refractivity contribution in [3.05, 3.63) is 23.8 Å². The number of carbonyl (C=O) groups excluding carboxylic acids is 2. The molecule has 0 bridgehead atoms. The highest BCUT2D eigenvalue weighted by Crippen LogP contribution is 2.35. The number of ether oxygens (including phenoxy) is 3. The van der Waals surface area contributed by atoms with Crippen molar-refractivity contribution in [1.82, 2.24) is 9.80 Å². The molecule has 0 spiro atoms. The molecule has 47 heavy (non-hydrogen) atoms. The number of carbonyl (C=O) groups is 2. The van der Waals surface area contributed by atoms with Crippen LogP contribution in [0.3, 0.4) is 0 Å². The van der Waals surface area contributed by atoms with Gasteiger partial charge in [0.05, 0.1) is 43.5 Å². The van der Waals surface area contributed by atoms with Crippen LogP contribution >= 0.6 is 0 Å². The first-order valence-corrected chi connectivity index (χ1v) is 17.7. The number of piperidine rings is 1. The van der Waals surface area contributed by atoms with Gasteiger partial charge in [0.25, 0.3) is 0 Å². The maximum absolute atomic E-state index is 13.5. The van der Waals surface area contributed by atoms with Crippen molar-refractivity contribution in [3.63, 3.8) is 0 Å². The number of aliphatic hydroxyl groups is 4. The van der Waals surface area contributed by atoms with E-state index in [2.05, 4.69) is 4.90 Å². The fourth-order valence-electron chi connectivity index (χ4n) is 7.39. The van der Waals surface area contributed by atoms with Crippen LogP contribution in [0.2, 0.25) is 0 Å². The fourth-order valence-corrected chi connectivity index (χ4v) is 7.39. The summed E-state index contributed by atoms with van der Waals surface area (Å²) < 4.78 is 18.5. The monoisotopic (exact) mass is 666 g/mol. The summed E-state index contributed by atoms with van der Waals surface area (Å²) in [7, 11) is 3.56. The van der Waals surface area contributed by atoms with Gasteiger partial charge >= 0.3 is 5.97 Å². The molecule has 0 aliphatic carbocycles. The number of aliphatic hydroxyl groups excluding tert-OH is 4. The largest absolute Gasteiger partial charge is 0.462 e. The summed E-state index contributed by atoms with van der Waals surface area (Å²) in [5, 5.41) is 43.9. The molecular formula is C36H62N2O9. The Bertz CT molecular complexity index is 1050. The number of rotatable bonds is 8. The van der Waals surface area contributed by atoms with E-state index in [0.29, 0.717) is 19.3 Å². The number of ketones is 1. The Balaban J connectivity index is 2.02. The molecule has 0 saturated carbocycles. The molecule has 0 aromatic rings. The van der Waals surface area contributed by atoms with Gasteiger partial charge in [-0.3, -0.25) is 9.59 Å². The van der Waals surface area contributed by atoms with Crippen LogP contribution in [0.4, 0.5) is 0 Å². The quantitative estimate of drug-likeness (QED) is 0.284. The third-order valence-electron chi connectivity index (χ3n) is 10.4. The topological polar surface area (TPSA) is 149 Å². The summed E-state index contributed by atoms with van der Waals surface area (Å²) in [6.07, 6.45) is 3.61. The molecule has 3 heterocycles. The van der Waals surface area contributed by atoms with Crippen molar-refractivity contribution in [2.45, 2.75) is 129 Å². The summed E-state index contributed by atoms with van der Waals surface area (Å²) in [4.78, 5) is 30.9. The summed E-state index contributed by atoms with van der Waals surface area (Å²) in [6, 6.07) is -0.649. The van der Waals surface area contributed by atoms with Crippen molar-refractivity contribution < 1.29 is 44.2 Å². The molecule has 0 aromatic heterocycles. The highest BCUT2D eigenvalue weighted by Gasteiger charge is 2.47. The first-order chi connectivity index (χ1) is 22.3. The first-order valence-electron chi connectivity index (χ1n) is 17.7. The number of nitrogens with zero attached hydrogens (tertiary/aromatic N) is 2. The predicted molar refractivity (Wildman–Crippen MR) is 179 cm³/mol. The van der Waals surface area contributed by atoms with Gasteiger partial charge in [0.1, 0.15) is 12.2 Å². The molecule has 3 rings (SSSR count). The zero-order chi connectivity index (χ0) is 34.8. The van der Waals surface area contributed by atoms with E-state index in [9.17, 15) is 30.0 Å². The lowest BCUT2D eigenvalue weighted by atomic mass is 9.79. The van der Waals surface area contributed by atoms with Crippen molar-refractivity contribution in [2.75, 3.05) is 40.3 Å². The molecule has 0 amide bonds. The van der Waals surface area contributed by atoms with E-state index in [1.54, 1.807) is 38.1 Å². The van der Waals surface area contributed by atoms with Gasteiger partial charge < -0.3 is 44.4 Å². The number of esters is 1. The van der Waals surface area contributed by atoms with Gasteiger partial charge in [0.2, 0.25) is 0 Å². The van der Waals surface area contributed by atoms with Gasteiger partial charge in [-0.05, 0) is 91.7 Å². The Kier molecular flexibility index (Phi) is 16.0. The van der Waals surface area contributed by atoms with E-state index in [-0.39, 0.29) is 30.6 Å². The maximum Gasteiger partial charge on any atom is 0.308 e. The maximum atomic E-state index is 13.5. The molecule has 2 fully saturated rings. The number of hydrogen-bond acceptors (Lipinski definition) is 11. The van der Waals surface area contributed by atoms with E-state index in [1.807, 2.05) is 33.8 Å². The SMILES string of the molecule is CC[C@H]1OC(=O)C[C@@H](O)[C@H](C)[C@@H](O[C@@H]2O[C@H](C)[C@@H](O)[C@H](N(C)C)[C@H]2O)[C@@H](CCN2CCCCC2)C[C@@H](C)C(=O)/C=C/C(C)=C\[C@@H]1CO. The summed E-state index contributed by atoms with van der Waals surface area (Å²) in [5.41, 5.74) is 0.776. The van der Waals surface area contributed by atoms with Crippen LogP contribution in [0, 0.1) is 23.7 Å². The van der Waals surface area contributed by atoms with Gasteiger partial charge in [-0.25, -0.2) is 0 Å². The van der Waals surface area contributed by atoms with E-state index in [1.165, 1.54) is 6.42 Å². The van der Waals surface area contributed by atoms with Crippen LogP contribution in [0.1, 0.15) is 79.6 Å². The second kappa shape index (κ2) is 18.9. The number of cyclic esters (lactones) is 1. The molecule has 270 valence electrons. The molecule has 0 unspecified atom stereocenters. The molecular weight excluding hydrogens is 604 g/mol. The zero-order valence-electron chi connectivity index (χ0n) is 29.7. The fraction of sp³-hybridized carbons (Fsp3) is 0.833. The molecule has 3 aliphatic heterocycles. The van der Waals surface area contributed by atoms with Crippen LogP contribution in [0.25, 0.3) is 0 Å². The van der Waals surface area contributed by atoms with Crippen LogP contribution in [0.5, 0.6) is 0 Å². The van der Waals surface area contributed by atoms with Gasteiger partial charge in [0, 0.05) is 17.8 Å². The molecule has 2 saturated heterocycles. The molecule has 3 aliphatic rings. The Labute approximate surface area is 281 Å². The van der Waals surface area contributed by atoms with Crippen molar-refractivity contribution in [2.24, 2.45) is 23.7 Å². The minimum Gasteiger partial charge on any atom is -0.462 e. The molecule has 11 heteroatoms. The molecule has 0 aromatic carbocycles. The third-order valence-corrected chi connectivity index (χ3v) is 10.4. The van der Waals surface area contributed by atoms with Gasteiger partial charge in [-0.15, -0.1) is 0 Å². The highest BCUT2D eigenvalue weighted by atomic mass is 16.7. The van der Waals surface area contributed by atoms with E-state index in [0.717, 1.165) is 38.0 Å². The molecule has 0 radical (unpaired) electrons. The minimum absolute atomic E-state index is 0.0443. The minimum atomic E-state index is -1.19. The van der Waals surface area contributed by atoms with Crippen LogP contribution in [-0.2, 0) is 23.8 Å². The van der Waals surface area contributed by atoms with Crippen molar-refractivity contribution in [3.8, 4) is 0 Å². The van der Waals surface area contributed by atoms with E-state index in [4.69, 9.17) is 14.2 Å². The van der Waals surface area contributed by atoms with Crippen molar-refractivity contribution >= 4 is 11.8 Å². The Morgan fingerprint density at radius 1 is 1.02 bits per heavy atom. The van der Waals surface area contributed by atoms with Crippen LogP contribution in [-0.4, -0.2) is 131 Å². The Morgan fingerprint density at radius 2 is 1.70 bits per heavy atom. The van der Waals surface area contributed by atoms with Crippen molar-refractivity contribution in [1.29, 1.82) is 0 Å². The van der Waals surface area contributed by atoms with Crippen LogP contribution in [0.15, 0.2) is 23.8 Å². The van der Waals surface area contributed by atoms with Gasteiger partial charge in [-0.1, -0.05) is 44.9 Å². The number of likely N-dealkylation sites (tertiary alicyclic amines) is 1. The summed E-state index contributed by atoms with van der Waals surface area (Å²) in [6.45, 7) is 11.7. The lowest BCUT2D eigenvalue weighted by molar-refractivity contribution is -0.304. The lowest BCUT2D eigenvalue weighted by Crippen LogP contribution is -2.63. The molecule has 12 atom stereocenters. The van der Waals surface area contributed by atoms with Crippen LogP contribution < -0.4 is 0 Å². The number of hydrogen-bond donors (Lipinski definition) is 4. The second-order valence-corrected chi connectivity index (χ2v) is 14.4. The Morgan fingerprint density at radius 3 is 2.32 bits per heavy atom. The normalized spacial score (nSPS) is 40.9. The number of allylic oxidation sites excluding steroid dienone is 3. The summed E-state index contributed by atoms with van der Waals surface area (Å²) >= 11 is 0. The second-order valence-electron chi connectivity index (χ2n) is 14.4. The molecule has 11 nitrogen and oxygen atoms in total. The summed E-state index contributed by atoms with van der Waals surface area (Å²) in [5.74, 6) is -2.29. The standard InChI is InChI=1S/C36H62N2O9/c1-8-30-27(21-39)18-22(2)12-13-28(40)23(3)19-26(14-17-38-15-10-9-11-16-38)35(24(4)29(41)20-31(42)46-30)47-36-34(44)32(37(6)7)33(43)25(5)45-36/h12-13,18,23-27,29-30,32-36,39,41,43-44H,8-11,14-17,19-21H2,1-7H3/b13-12+,22-18-/t23-,24+,25-,26+,27-,29-,30-,32+,33-,34-,35-,36+/m1/s1. The van der Waals surface area contributed by atoms with E-state index >= 15 is 0 Å². The van der Waals surface area contributed by atoms with Gasteiger partial charge in [0.15, 0.2) is 12.1 Å². The van der Waals surface area contributed by atoms with Gasteiger partial charge in [-0.2, -0.15) is 0 Å². The third kappa shape index (κ3) is 11.2.